The Morgan fingerprint density at radius 2 is 1.52 bits per heavy atom. The van der Waals surface area contributed by atoms with Gasteiger partial charge in [-0.2, -0.15) is 0 Å². The molecule has 11 nitrogen and oxygen atoms in total. The molecule has 0 spiro atoms. The van der Waals surface area contributed by atoms with Crippen LogP contribution in [0.15, 0.2) is 0 Å². The molecule has 29 heavy (non-hydrogen) atoms. The minimum atomic E-state index is -1.48. The van der Waals surface area contributed by atoms with Crippen molar-refractivity contribution in [2.24, 2.45) is 5.73 Å². The number of nitrogens with one attached hydrogen (secondary N) is 1. The van der Waals surface area contributed by atoms with E-state index >= 15 is 0 Å². The number of hydrogen-bond donors (Lipinski definition) is 5. The lowest BCUT2D eigenvalue weighted by molar-refractivity contribution is -0.149. The van der Waals surface area contributed by atoms with E-state index in [1.807, 2.05) is 0 Å². The SMILES string of the molecule is CC(O)C(N)C(=O)N1CCCC1C(=O)N1CCCC1C(=O)NC(C(=O)O)C(C)O. The predicted molar refractivity (Wildman–Crippen MR) is 100 cm³/mol. The normalized spacial score (nSPS) is 26.0. The van der Waals surface area contributed by atoms with Crippen LogP contribution in [0, 0.1) is 0 Å². The minimum Gasteiger partial charge on any atom is -0.480 e. The third kappa shape index (κ3) is 5.03. The zero-order chi connectivity index (χ0) is 21.9. The van der Waals surface area contributed by atoms with E-state index in [-0.39, 0.29) is 0 Å². The van der Waals surface area contributed by atoms with Crippen LogP contribution in [0.2, 0.25) is 0 Å². The van der Waals surface area contributed by atoms with Gasteiger partial charge in [-0.05, 0) is 39.5 Å². The molecule has 11 heteroatoms. The van der Waals surface area contributed by atoms with Crippen molar-refractivity contribution in [3.05, 3.63) is 0 Å². The lowest BCUT2D eigenvalue weighted by atomic mass is 10.1. The van der Waals surface area contributed by atoms with Gasteiger partial charge in [-0.3, -0.25) is 14.4 Å². The molecule has 2 saturated heterocycles. The standard InChI is InChI=1S/C18H30N4O7/c1-9(23)13(19)17(27)22-8-4-6-12(22)16(26)21-7-3-5-11(21)15(25)20-14(10(2)24)18(28)29/h9-14,23-24H,3-8,19H2,1-2H3,(H,20,25)(H,28,29). The highest BCUT2D eigenvalue weighted by Gasteiger charge is 2.44. The maximum absolute atomic E-state index is 13.1. The molecule has 2 aliphatic heterocycles. The summed E-state index contributed by atoms with van der Waals surface area (Å²) in [4.78, 5) is 52.2. The quantitative estimate of drug-likeness (QED) is 0.307. The van der Waals surface area contributed by atoms with Crippen LogP contribution in [-0.2, 0) is 19.2 Å². The number of amides is 3. The van der Waals surface area contributed by atoms with Crippen LogP contribution in [0.4, 0.5) is 0 Å². The van der Waals surface area contributed by atoms with Gasteiger partial charge in [0.2, 0.25) is 17.7 Å². The molecule has 3 amide bonds. The van der Waals surface area contributed by atoms with Crippen LogP contribution >= 0.6 is 0 Å². The van der Waals surface area contributed by atoms with Crippen molar-refractivity contribution >= 4 is 23.7 Å². The van der Waals surface area contributed by atoms with Gasteiger partial charge in [0.25, 0.3) is 0 Å². The van der Waals surface area contributed by atoms with Crippen molar-refractivity contribution in [1.29, 1.82) is 0 Å². The molecule has 0 radical (unpaired) electrons. The second kappa shape index (κ2) is 9.51. The molecule has 2 rings (SSSR count). The summed E-state index contributed by atoms with van der Waals surface area (Å²) in [5.41, 5.74) is 5.73. The number of carbonyl (C=O) groups excluding carboxylic acids is 3. The molecule has 0 aromatic heterocycles. The Morgan fingerprint density at radius 3 is 2.03 bits per heavy atom. The van der Waals surface area contributed by atoms with Crippen LogP contribution in [0.3, 0.4) is 0 Å². The van der Waals surface area contributed by atoms with Gasteiger partial charge in [0, 0.05) is 13.1 Å². The largest absolute Gasteiger partial charge is 0.480 e. The Morgan fingerprint density at radius 1 is 0.966 bits per heavy atom. The van der Waals surface area contributed by atoms with Crippen LogP contribution in [0.25, 0.3) is 0 Å². The van der Waals surface area contributed by atoms with E-state index in [0.29, 0.717) is 38.8 Å². The van der Waals surface area contributed by atoms with E-state index in [9.17, 15) is 29.4 Å². The Bertz CT molecular complexity index is 654. The zero-order valence-electron chi connectivity index (χ0n) is 16.7. The third-order valence-corrected chi connectivity index (χ3v) is 5.51. The van der Waals surface area contributed by atoms with Gasteiger partial charge in [0.15, 0.2) is 6.04 Å². The Hall–Kier alpha value is -2.24. The first-order chi connectivity index (χ1) is 13.6. The zero-order valence-corrected chi connectivity index (χ0v) is 16.7. The number of aliphatic hydroxyl groups excluding tert-OH is 2. The van der Waals surface area contributed by atoms with Crippen LogP contribution in [0.5, 0.6) is 0 Å². The molecular formula is C18H30N4O7. The molecule has 0 aromatic rings. The number of rotatable bonds is 7. The average molecular weight is 414 g/mol. The first-order valence-corrected chi connectivity index (χ1v) is 9.82. The number of carboxylic acids is 1. The first-order valence-electron chi connectivity index (χ1n) is 9.82. The van der Waals surface area contributed by atoms with Crippen molar-refractivity contribution in [3.8, 4) is 0 Å². The van der Waals surface area contributed by atoms with E-state index in [2.05, 4.69) is 5.32 Å². The van der Waals surface area contributed by atoms with E-state index in [0.717, 1.165) is 0 Å². The van der Waals surface area contributed by atoms with Gasteiger partial charge in [0.05, 0.1) is 12.2 Å². The summed E-state index contributed by atoms with van der Waals surface area (Å²) in [7, 11) is 0. The lowest BCUT2D eigenvalue weighted by Crippen LogP contribution is -2.58. The molecule has 0 aromatic carbocycles. The predicted octanol–water partition coefficient (Wildman–Crippen LogP) is -2.37. The molecule has 2 heterocycles. The molecule has 2 aliphatic rings. The Balaban J connectivity index is 2.11. The summed E-state index contributed by atoms with van der Waals surface area (Å²) in [5, 5.41) is 30.6. The fourth-order valence-electron chi connectivity index (χ4n) is 3.82. The number of likely N-dealkylation sites (tertiary alicyclic amines) is 2. The topological polar surface area (TPSA) is 173 Å². The second-order valence-corrected chi connectivity index (χ2v) is 7.71. The first kappa shape index (κ1) is 23.0. The van der Waals surface area contributed by atoms with Crippen LogP contribution < -0.4 is 11.1 Å². The monoisotopic (exact) mass is 414 g/mol. The van der Waals surface area contributed by atoms with Crippen molar-refractivity contribution < 1.29 is 34.5 Å². The number of nitrogens with two attached hydrogens (primary N) is 1. The number of hydrogen-bond acceptors (Lipinski definition) is 7. The summed E-state index contributed by atoms with van der Waals surface area (Å²) in [5.74, 6) is -2.93. The van der Waals surface area contributed by atoms with Crippen molar-refractivity contribution in [2.75, 3.05) is 13.1 Å². The third-order valence-electron chi connectivity index (χ3n) is 5.51. The van der Waals surface area contributed by atoms with Gasteiger partial charge in [0.1, 0.15) is 18.1 Å². The number of carbonyl (C=O) groups is 4. The summed E-state index contributed by atoms with van der Waals surface area (Å²) >= 11 is 0. The number of nitrogens with zero attached hydrogens (tertiary/aromatic N) is 2. The molecule has 2 fully saturated rings. The highest BCUT2D eigenvalue weighted by atomic mass is 16.4. The van der Waals surface area contributed by atoms with Gasteiger partial charge >= 0.3 is 5.97 Å². The van der Waals surface area contributed by atoms with Gasteiger partial charge < -0.3 is 36.2 Å². The summed E-state index contributed by atoms with van der Waals surface area (Å²) < 4.78 is 0. The summed E-state index contributed by atoms with van der Waals surface area (Å²) in [6.07, 6.45) is -0.415. The molecule has 0 saturated carbocycles. The molecule has 6 N–H and O–H groups in total. The number of aliphatic carboxylic acids is 1. The molecule has 0 bridgehead atoms. The molecule has 0 aliphatic carbocycles. The lowest BCUT2D eigenvalue weighted by Gasteiger charge is -2.33. The smallest absolute Gasteiger partial charge is 0.328 e. The molecular weight excluding hydrogens is 384 g/mol. The van der Waals surface area contributed by atoms with E-state index in [1.165, 1.54) is 23.6 Å². The van der Waals surface area contributed by atoms with Gasteiger partial charge in [-0.1, -0.05) is 0 Å². The molecule has 6 atom stereocenters. The number of carboxylic acid groups (broad SMARTS) is 1. The van der Waals surface area contributed by atoms with Gasteiger partial charge in [-0.25, -0.2) is 4.79 Å². The van der Waals surface area contributed by atoms with Gasteiger partial charge in [-0.15, -0.1) is 0 Å². The number of aliphatic hydroxyl groups is 2. The Kier molecular flexibility index (Phi) is 7.55. The van der Waals surface area contributed by atoms with E-state index in [4.69, 9.17) is 10.8 Å². The second-order valence-electron chi connectivity index (χ2n) is 7.71. The van der Waals surface area contributed by atoms with Crippen molar-refractivity contribution in [1.82, 2.24) is 15.1 Å². The maximum Gasteiger partial charge on any atom is 0.328 e. The fourth-order valence-corrected chi connectivity index (χ4v) is 3.82. The highest BCUT2D eigenvalue weighted by molar-refractivity contribution is 5.95. The van der Waals surface area contributed by atoms with E-state index in [1.54, 1.807) is 0 Å². The average Bonchev–Trinajstić information content (AvgIpc) is 3.32. The Labute approximate surface area is 168 Å². The van der Waals surface area contributed by atoms with Crippen LogP contribution in [0.1, 0.15) is 39.5 Å². The van der Waals surface area contributed by atoms with E-state index < -0.39 is 60.1 Å². The summed E-state index contributed by atoms with van der Waals surface area (Å²) in [6.45, 7) is 3.30. The fraction of sp³-hybridized carbons (Fsp3) is 0.778. The van der Waals surface area contributed by atoms with Crippen molar-refractivity contribution in [2.45, 2.75) is 75.9 Å². The molecule has 164 valence electrons. The maximum atomic E-state index is 13.1. The minimum absolute atomic E-state index is 0.310. The van der Waals surface area contributed by atoms with Crippen molar-refractivity contribution in [3.63, 3.8) is 0 Å². The highest BCUT2D eigenvalue weighted by Crippen LogP contribution is 2.25. The van der Waals surface area contributed by atoms with Crippen LogP contribution in [-0.4, -0.2) is 98.3 Å². The molecule has 6 unspecified atom stereocenters. The summed E-state index contributed by atoms with van der Waals surface area (Å²) in [6, 6.07) is -4.25.